The highest BCUT2D eigenvalue weighted by Gasteiger charge is 2.45. The molecule has 5 atom stereocenters. The van der Waals surface area contributed by atoms with E-state index in [0.717, 1.165) is 5.56 Å². The molecule has 1 aromatic carbocycles. The zero-order valence-electron chi connectivity index (χ0n) is 12.1. The predicted octanol–water partition coefficient (Wildman–Crippen LogP) is 0.975. The van der Waals surface area contributed by atoms with Crippen LogP contribution in [0.25, 0.3) is 10.4 Å². The zero-order valence-corrected chi connectivity index (χ0v) is 12.1. The quantitative estimate of drug-likeness (QED) is 0.461. The Hall–Kier alpha value is -1.67. The van der Waals surface area contributed by atoms with E-state index in [0.29, 0.717) is 0 Å². The van der Waals surface area contributed by atoms with Gasteiger partial charge in [0.05, 0.1) is 25.4 Å². The molecule has 0 amide bonds. The van der Waals surface area contributed by atoms with Crippen molar-refractivity contribution in [2.45, 2.75) is 37.3 Å². The Kier molecular flexibility index (Phi) is 6.14. The summed E-state index contributed by atoms with van der Waals surface area (Å²) < 4.78 is 16.4. The first-order valence-corrected chi connectivity index (χ1v) is 6.88. The number of nitrogens with zero attached hydrogens (tertiary/aromatic N) is 3. The number of azide groups is 1. The number of hydrogen-bond donors (Lipinski definition) is 2. The third-order valence-corrected chi connectivity index (χ3v) is 3.53. The Bertz CT molecular complexity index is 508. The van der Waals surface area contributed by atoms with Crippen molar-refractivity contribution in [3.8, 4) is 0 Å². The smallest absolute Gasteiger partial charge is 0.184 e. The van der Waals surface area contributed by atoms with Gasteiger partial charge >= 0.3 is 0 Å². The number of methoxy groups -OCH3 is 1. The largest absolute Gasteiger partial charge is 0.394 e. The molecule has 0 bridgehead atoms. The molecule has 120 valence electrons. The second-order valence-electron chi connectivity index (χ2n) is 4.91. The van der Waals surface area contributed by atoms with Crippen LogP contribution in [-0.4, -0.2) is 54.6 Å². The van der Waals surface area contributed by atoms with Crippen molar-refractivity contribution in [2.75, 3.05) is 13.7 Å². The van der Waals surface area contributed by atoms with Crippen LogP contribution >= 0.6 is 0 Å². The molecule has 1 fully saturated rings. The lowest BCUT2D eigenvalue weighted by molar-refractivity contribution is -0.279. The maximum absolute atomic E-state index is 10.2. The van der Waals surface area contributed by atoms with Crippen molar-refractivity contribution in [2.24, 2.45) is 5.11 Å². The highest BCUT2D eigenvalue weighted by atomic mass is 16.7. The molecule has 0 radical (unpaired) electrons. The first-order chi connectivity index (χ1) is 10.7. The Morgan fingerprint density at radius 3 is 2.68 bits per heavy atom. The fraction of sp³-hybridized carbons (Fsp3) is 0.571. The monoisotopic (exact) mass is 309 g/mol. The van der Waals surface area contributed by atoms with Crippen molar-refractivity contribution in [1.82, 2.24) is 0 Å². The standard InChI is InChI=1S/C14H19N3O5/c1-20-14-13(21-8-9-5-3-2-4-6-9)11(16-17-15)12(19)10(7-18)22-14/h2-6,10-14,18-19H,7-8H2,1H3/t10?,11-,12?,13?,14+/m0/s1. The first kappa shape index (κ1) is 16.7. The Labute approximate surface area is 127 Å². The summed E-state index contributed by atoms with van der Waals surface area (Å²) in [5.41, 5.74) is 9.63. The summed E-state index contributed by atoms with van der Waals surface area (Å²) in [6.07, 6.45) is -3.69. The van der Waals surface area contributed by atoms with E-state index in [1.807, 2.05) is 30.3 Å². The number of aliphatic hydroxyl groups is 2. The molecule has 2 rings (SSSR count). The van der Waals surface area contributed by atoms with Gasteiger partial charge in [-0.1, -0.05) is 35.4 Å². The average Bonchev–Trinajstić information content (AvgIpc) is 2.56. The molecule has 3 unspecified atom stereocenters. The second kappa shape index (κ2) is 8.09. The minimum absolute atomic E-state index is 0.253. The van der Waals surface area contributed by atoms with Crippen molar-refractivity contribution in [3.05, 3.63) is 46.3 Å². The number of aliphatic hydroxyl groups excluding tert-OH is 2. The summed E-state index contributed by atoms with van der Waals surface area (Å²) in [5, 5.41) is 23.0. The lowest BCUT2D eigenvalue weighted by Gasteiger charge is -2.41. The number of hydrogen-bond acceptors (Lipinski definition) is 6. The van der Waals surface area contributed by atoms with Crippen LogP contribution in [0.4, 0.5) is 0 Å². The summed E-state index contributed by atoms with van der Waals surface area (Å²) in [6.45, 7) is -0.160. The molecule has 8 heteroatoms. The van der Waals surface area contributed by atoms with E-state index in [-0.39, 0.29) is 6.61 Å². The maximum Gasteiger partial charge on any atom is 0.184 e. The minimum Gasteiger partial charge on any atom is -0.394 e. The Morgan fingerprint density at radius 1 is 1.36 bits per heavy atom. The number of benzene rings is 1. The Morgan fingerprint density at radius 2 is 2.09 bits per heavy atom. The van der Waals surface area contributed by atoms with Crippen molar-refractivity contribution >= 4 is 0 Å². The highest BCUT2D eigenvalue weighted by molar-refractivity contribution is 5.13. The number of rotatable bonds is 6. The molecule has 2 N–H and O–H groups in total. The Balaban J connectivity index is 2.14. The van der Waals surface area contributed by atoms with Gasteiger partial charge in [0, 0.05) is 12.0 Å². The van der Waals surface area contributed by atoms with Gasteiger partial charge in [-0.2, -0.15) is 0 Å². The molecule has 1 aromatic rings. The first-order valence-electron chi connectivity index (χ1n) is 6.88. The van der Waals surface area contributed by atoms with Crippen LogP contribution in [0.3, 0.4) is 0 Å². The van der Waals surface area contributed by atoms with Crippen LogP contribution in [0.15, 0.2) is 35.4 Å². The topological polar surface area (TPSA) is 117 Å². The van der Waals surface area contributed by atoms with E-state index >= 15 is 0 Å². The van der Waals surface area contributed by atoms with Crippen LogP contribution in [0.2, 0.25) is 0 Å². The SMILES string of the molecule is CO[C@@H]1OC(CO)C(O)[C@H](N=[N+]=[N-])C1OCc1ccccc1. The predicted molar refractivity (Wildman–Crippen MR) is 76.7 cm³/mol. The van der Waals surface area contributed by atoms with Crippen LogP contribution in [0.1, 0.15) is 5.56 Å². The molecular weight excluding hydrogens is 290 g/mol. The molecule has 0 aliphatic carbocycles. The van der Waals surface area contributed by atoms with E-state index < -0.39 is 37.3 Å². The summed E-state index contributed by atoms with van der Waals surface area (Å²) in [5.74, 6) is 0. The van der Waals surface area contributed by atoms with Crippen LogP contribution < -0.4 is 0 Å². The van der Waals surface area contributed by atoms with Crippen LogP contribution in [-0.2, 0) is 20.8 Å². The van der Waals surface area contributed by atoms with Crippen LogP contribution in [0.5, 0.6) is 0 Å². The summed E-state index contributed by atoms with van der Waals surface area (Å²) >= 11 is 0. The average molecular weight is 309 g/mol. The summed E-state index contributed by atoms with van der Waals surface area (Å²) in [7, 11) is 1.42. The van der Waals surface area contributed by atoms with Gasteiger partial charge in [-0.3, -0.25) is 0 Å². The normalized spacial score (nSPS) is 31.5. The van der Waals surface area contributed by atoms with E-state index in [4.69, 9.17) is 19.7 Å². The molecule has 0 aromatic heterocycles. The minimum atomic E-state index is -1.17. The zero-order chi connectivity index (χ0) is 15.9. The third-order valence-electron chi connectivity index (χ3n) is 3.53. The van der Waals surface area contributed by atoms with E-state index in [1.165, 1.54) is 7.11 Å². The fourth-order valence-electron chi connectivity index (χ4n) is 2.38. The lowest BCUT2D eigenvalue weighted by atomic mass is 9.97. The second-order valence-corrected chi connectivity index (χ2v) is 4.91. The van der Waals surface area contributed by atoms with E-state index in [9.17, 15) is 10.2 Å². The maximum atomic E-state index is 10.2. The molecule has 1 saturated heterocycles. The fourth-order valence-corrected chi connectivity index (χ4v) is 2.38. The van der Waals surface area contributed by atoms with Gasteiger partial charge in [-0.25, -0.2) is 0 Å². The summed E-state index contributed by atoms with van der Waals surface area (Å²) in [6, 6.07) is 8.52. The summed E-state index contributed by atoms with van der Waals surface area (Å²) in [4.78, 5) is 2.74. The molecule has 1 aliphatic heterocycles. The van der Waals surface area contributed by atoms with Gasteiger partial charge in [0.2, 0.25) is 0 Å². The van der Waals surface area contributed by atoms with Gasteiger partial charge in [0.25, 0.3) is 0 Å². The van der Waals surface area contributed by atoms with Gasteiger partial charge in [0.1, 0.15) is 12.2 Å². The molecule has 22 heavy (non-hydrogen) atoms. The van der Waals surface area contributed by atoms with E-state index in [1.54, 1.807) is 0 Å². The van der Waals surface area contributed by atoms with E-state index in [2.05, 4.69) is 10.0 Å². The molecule has 0 saturated carbocycles. The lowest BCUT2D eigenvalue weighted by Crippen LogP contribution is -2.59. The molecule has 8 nitrogen and oxygen atoms in total. The molecular formula is C14H19N3O5. The van der Waals surface area contributed by atoms with Gasteiger partial charge in [-0.05, 0) is 11.1 Å². The van der Waals surface area contributed by atoms with Crippen LogP contribution in [0, 0.1) is 0 Å². The molecule has 1 heterocycles. The number of ether oxygens (including phenoxy) is 3. The van der Waals surface area contributed by atoms with Gasteiger partial charge in [0.15, 0.2) is 6.29 Å². The van der Waals surface area contributed by atoms with Gasteiger partial charge in [-0.15, -0.1) is 0 Å². The molecule has 0 spiro atoms. The molecule has 1 aliphatic rings. The third kappa shape index (κ3) is 3.75. The highest BCUT2D eigenvalue weighted by Crippen LogP contribution is 2.27. The van der Waals surface area contributed by atoms with Crippen molar-refractivity contribution in [3.63, 3.8) is 0 Å². The van der Waals surface area contributed by atoms with Gasteiger partial charge < -0.3 is 24.4 Å². The van der Waals surface area contributed by atoms with Crippen molar-refractivity contribution < 1.29 is 24.4 Å². The van der Waals surface area contributed by atoms with Crippen molar-refractivity contribution in [1.29, 1.82) is 0 Å².